The van der Waals surface area contributed by atoms with Crippen LogP contribution in [-0.2, 0) is 15.9 Å². The van der Waals surface area contributed by atoms with E-state index in [1.54, 1.807) is 12.1 Å². The highest BCUT2D eigenvalue weighted by Crippen LogP contribution is 2.19. The second-order valence-electron chi connectivity index (χ2n) is 3.26. The first-order valence-corrected chi connectivity index (χ1v) is 5.72. The van der Waals surface area contributed by atoms with E-state index in [2.05, 4.69) is 0 Å². The van der Waals surface area contributed by atoms with Crippen LogP contribution in [0, 0.1) is 5.82 Å². The molecule has 0 spiro atoms. The molecule has 16 heavy (non-hydrogen) atoms. The van der Waals surface area contributed by atoms with Gasteiger partial charge in [-0.1, -0.05) is 23.7 Å². The molecule has 0 bridgehead atoms. The highest BCUT2D eigenvalue weighted by Gasteiger charge is 2.13. The lowest BCUT2D eigenvalue weighted by atomic mass is 10.1. The van der Waals surface area contributed by atoms with Crippen LogP contribution in [-0.4, -0.2) is 19.5 Å². The van der Waals surface area contributed by atoms with Crippen LogP contribution in [0.25, 0.3) is 0 Å². The zero-order valence-corrected chi connectivity index (χ0v) is 10.3. The minimum absolute atomic E-state index is 0.129. The van der Waals surface area contributed by atoms with E-state index >= 15 is 0 Å². The summed E-state index contributed by atoms with van der Waals surface area (Å²) < 4.78 is 24.3. The van der Waals surface area contributed by atoms with E-state index in [0.29, 0.717) is 25.2 Å². The van der Waals surface area contributed by atoms with Gasteiger partial charge in [0, 0.05) is 19.6 Å². The number of ether oxygens (including phenoxy) is 2. The Balaban J connectivity index is 2.72. The Kier molecular flexibility index (Phi) is 5.74. The number of hydrogen-bond donors (Lipinski definition) is 0. The Hall–Kier alpha value is -0.640. The van der Waals surface area contributed by atoms with Gasteiger partial charge in [0.15, 0.2) is 6.29 Å². The molecule has 0 aliphatic rings. The molecule has 0 atom stereocenters. The van der Waals surface area contributed by atoms with Gasteiger partial charge in [0.05, 0.1) is 5.02 Å². The Morgan fingerprint density at radius 2 is 1.88 bits per heavy atom. The van der Waals surface area contributed by atoms with E-state index in [9.17, 15) is 4.39 Å². The number of halogens is 2. The summed E-state index contributed by atoms with van der Waals surface area (Å²) in [6.07, 6.45) is -0.0448. The van der Waals surface area contributed by atoms with E-state index in [-0.39, 0.29) is 5.02 Å². The molecule has 0 amide bonds. The van der Waals surface area contributed by atoms with Gasteiger partial charge >= 0.3 is 0 Å². The summed E-state index contributed by atoms with van der Waals surface area (Å²) in [6.45, 7) is 4.82. The predicted octanol–water partition coefficient (Wildman–Crippen LogP) is 3.42. The van der Waals surface area contributed by atoms with Crippen molar-refractivity contribution >= 4 is 11.6 Å². The van der Waals surface area contributed by atoms with Crippen LogP contribution in [0.4, 0.5) is 4.39 Å². The van der Waals surface area contributed by atoms with Gasteiger partial charge in [0.1, 0.15) is 5.82 Å². The SMILES string of the molecule is CCOC(Cc1cccc(Cl)c1F)OCC. The van der Waals surface area contributed by atoms with Crippen LogP contribution in [0.5, 0.6) is 0 Å². The lowest BCUT2D eigenvalue weighted by molar-refractivity contribution is -0.134. The Morgan fingerprint density at radius 3 is 2.44 bits per heavy atom. The summed E-state index contributed by atoms with van der Waals surface area (Å²) in [7, 11) is 0. The standard InChI is InChI=1S/C12H16ClFO2/c1-3-15-11(16-4-2)8-9-6-5-7-10(13)12(9)14/h5-7,11H,3-4,8H2,1-2H3. The quantitative estimate of drug-likeness (QED) is 0.716. The summed E-state index contributed by atoms with van der Waals surface area (Å²) in [6, 6.07) is 4.93. The maximum Gasteiger partial charge on any atom is 0.161 e. The van der Waals surface area contributed by atoms with Crippen molar-refractivity contribution < 1.29 is 13.9 Å². The first-order chi connectivity index (χ1) is 7.69. The summed E-state index contributed by atoms with van der Waals surface area (Å²) in [5.74, 6) is -0.395. The van der Waals surface area contributed by atoms with E-state index in [1.165, 1.54) is 6.07 Å². The smallest absolute Gasteiger partial charge is 0.161 e. The third kappa shape index (κ3) is 3.74. The van der Waals surface area contributed by atoms with Crippen LogP contribution in [0.3, 0.4) is 0 Å². The molecule has 0 radical (unpaired) electrons. The topological polar surface area (TPSA) is 18.5 Å². The molecule has 1 aromatic carbocycles. The van der Waals surface area contributed by atoms with Crippen molar-refractivity contribution in [2.75, 3.05) is 13.2 Å². The molecule has 0 saturated heterocycles. The second-order valence-corrected chi connectivity index (χ2v) is 3.66. The summed E-state index contributed by atoms with van der Waals surface area (Å²) >= 11 is 5.69. The molecular weight excluding hydrogens is 231 g/mol. The molecule has 0 unspecified atom stereocenters. The second kappa shape index (κ2) is 6.84. The van der Waals surface area contributed by atoms with E-state index in [1.807, 2.05) is 13.8 Å². The molecule has 1 aromatic rings. The number of benzene rings is 1. The van der Waals surface area contributed by atoms with Gasteiger partial charge < -0.3 is 9.47 Å². The van der Waals surface area contributed by atoms with E-state index in [4.69, 9.17) is 21.1 Å². The fraction of sp³-hybridized carbons (Fsp3) is 0.500. The predicted molar refractivity (Wildman–Crippen MR) is 62.2 cm³/mol. The summed E-state index contributed by atoms with van der Waals surface area (Å²) in [5, 5.41) is 0.129. The lowest BCUT2D eigenvalue weighted by Gasteiger charge is -2.17. The van der Waals surface area contributed by atoms with Crippen molar-refractivity contribution in [3.63, 3.8) is 0 Å². The molecule has 0 aromatic heterocycles. The minimum atomic E-state index is -0.414. The van der Waals surface area contributed by atoms with Gasteiger partial charge in [-0.05, 0) is 25.5 Å². The monoisotopic (exact) mass is 246 g/mol. The van der Waals surface area contributed by atoms with Gasteiger partial charge in [-0.15, -0.1) is 0 Å². The molecule has 0 aliphatic carbocycles. The maximum absolute atomic E-state index is 13.6. The van der Waals surface area contributed by atoms with Crippen LogP contribution in [0.15, 0.2) is 18.2 Å². The van der Waals surface area contributed by atoms with Gasteiger partial charge in [-0.3, -0.25) is 0 Å². The van der Waals surface area contributed by atoms with Crippen LogP contribution in [0.1, 0.15) is 19.4 Å². The average molecular weight is 247 g/mol. The molecule has 0 aliphatic heterocycles. The van der Waals surface area contributed by atoms with Gasteiger partial charge in [0.25, 0.3) is 0 Å². The number of hydrogen-bond acceptors (Lipinski definition) is 2. The van der Waals surface area contributed by atoms with E-state index in [0.717, 1.165) is 0 Å². The Morgan fingerprint density at radius 1 is 1.25 bits per heavy atom. The molecule has 90 valence electrons. The van der Waals surface area contributed by atoms with Crippen molar-refractivity contribution in [1.82, 2.24) is 0 Å². The molecule has 2 nitrogen and oxygen atoms in total. The normalized spacial score (nSPS) is 11.1. The fourth-order valence-corrected chi connectivity index (χ4v) is 1.62. The molecule has 1 rings (SSSR count). The van der Waals surface area contributed by atoms with Crippen molar-refractivity contribution in [2.24, 2.45) is 0 Å². The van der Waals surface area contributed by atoms with Crippen LogP contribution < -0.4 is 0 Å². The average Bonchev–Trinajstić information content (AvgIpc) is 2.25. The molecule has 0 fully saturated rings. The third-order valence-electron chi connectivity index (χ3n) is 2.12. The van der Waals surface area contributed by atoms with Gasteiger partial charge in [0.2, 0.25) is 0 Å². The van der Waals surface area contributed by atoms with Gasteiger partial charge in [-0.2, -0.15) is 0 Å². The minimum Gasteiger partial charge on any atom is -0.353 e. The van der Waals surface area contributed by atoms with Gasteiger partial charge in [-0.25, -0.2) is 4.39 Å². The third-order valence-corrected chi connectivity index (χ3v) is 2.42. The molecule has 0 heterocycles. The Bertz CT molecular complexity index is 325. The Labute approximate surface area is 100 Å². The fourth-order valence-electron chi connectivity index (χ4n) is 1.42. The first kappa shape index (κ1) is 13.4. The number of rotatable bonds is 6. The highest BCUT2D eigenvalue weighted by molar-refractivity contribution is 6.30. The van der Waals surface area contributed by atoms with Crippen molar-refractivity contribution in [1.29, 1.82) is 0 Å². The highest BCUT2D eigenvalue weighted by atomic mass is 35.5. The molecule has 4 heteroatoms. The van der Waals surface area contributed by atoms with E-state index < -0.39 is 12.1 Å². The van der Waals surface area contributed by atoms with Crippen LogP contribution in [0.2, 0.25) is 5.02 Å². The first-order valence-electron chi connectivity index (χ1n) is 5.35. The zero-order chi connectivity index (χ0) is 12.0. The zero-order valence-electron chi connectivity index (χ0n) is 9.50. The summed E-state index contributed by atoms with van der Waals surface area (Å²) in [5.41, 5.74) is 0.513. The van der Waals surface area contributed by atoms with Crippen molar-refractivity contribution in [3.8, 4) is 0 Å². The maximum atomic E-state index is 13.6. The molecule has 0 saturated carbocycles. The van der Waals surface area contributed by atoms with Crippen molar-refractivity contribution in [2.45, 2.75) is 26.6 Å². The lowest BCUT2D eigenvalue weighted by Crippen LogP contribution is -2.20. The van der Waals surface area contributed by atoms with Crippen molar-refractivity contribution in [3.05, 3.63) is 34.6 Å². The largest absolute Gasteiger partial charge is 0.353 e. The molecular formula is C12H16ClFO2. The summed E-state index contributed by atoms with van der Waals surface area (Å²) in [4.78, 5) is 0. The van der Waals surface area contributed by atoms with Crippen LogP contribution >= 0.6 is 11.6 Å². The molecule has 0 N–H and O–H groups in total.